The largest absolute Gasteiger partial charge is 0.389 e. The van der Waals surface area contributed by atoms with Crippen LogP contribution in [0.15, 0.2) is 48.5 Å². The first-order valence-corrected chi connectivity index (χ1v) is 6.40. The molecule has 0 fully saturated rings. The average molecular weight is 239 g/mol. The first kappa shape index (κ1) is 11.3. The topological polar surface area (TPSA) is 23.5 Å². The monoisotopic (exact) mass is 239 g/mol. The van der Waals surface area contributed by atoms with Gasteiger partial charge in [-0.05, 0) is 31.0 Å². The number of fused-ring (bicyclic) bond motifs is 1. The molecular formula is C16H17NO. The van der Waals surface area contributed by atoms with E-state index in [2.05, 4.69) is 35.2 Å². The lowest BCUT2D eigenvalue weighted by molar-refractivity contribution is 0.200. The third kappa shape index (κ3) is 1.79. The van der Waals surface area contributed by atoms with Crippen LogP contribution in [0.2, 0.25) is 0 Å². The van der Waals surface area contributed by atoms with E-state index in [9.17, 15) is 5.11 Å². The van der Waals surface area contributed by atoms with E-state index < -0.39 is 6.10 Å². The zero-order valence-corrected chi connectivity index (χ0v) is 10.5. The molecule has 0 radical (unpaired) electrons. The number of nitrogens with zero attached hydrogens (tertiary/aromatic N) is 1. The van der Waals surface area contributed by atoms with E-state index >= 15 is 0 Å². The average Bonchev–Trinajstić information content (AvgIpc) is 2.82. The van der Waals surface area contributed by atoms with E-state index in [4.69, 9.17) is 0 Å². The van der Waals surface area contributed by atoms with E-state index in [1.54, 1.807) is 0 Å². The maximum atomic E-state index is 9.89. The van der Waals surface area contributed by atoms with E-state index in [1.165, 1.54) is 11.3 Å². The second kappa shape index (κ2) is 4.46. The first-order chi connectivity index (χ1) is 8.77. The smallest absolute Gasteiger partial charge is 0.0782 e. The number of benzene rings is 2. The molecular weight excluding hydrogens is 222 g/mol. The number of para-hydroxylation sites is 2. The minimum atomic E-state index is -0.436. The highest BCUT2D eigenvalue weighted by molar-refractivity contribution is 5.72. The van der Waals surface area contributed by atoms with E-state index in [0.717, 1.165) is 24.2 Å². The highest BCUT2D eigenvalue weighted by Gasteiger charge is 2.22. The van der Waals surface area contributed by atoms with Crippen molar-refractivity contribution in [1.29, 1.82) is 0 Å². The molecule has 2 aromatic carbocycles. The lowest BCUT2D eigenvalue weighted by atomic mass is 10.1. The Labute approximate surface area is 107 Å². The lowest BCUT2D eigenvalue weighted by Crippen LogP contribution is -2.15. The van der Waals surface area contributed by atoms with Crippen LogP contribution in [0.1, 0.15) is 24.2 Å². The zero-order chi connectivity index (χ0) is 12.5. The quantitative estimate of drug-likeness (QED) is 0.867. The summed E-state index contributed by atoms with van der Waals surface area (Å²) in [6, 6.07) is 16.6. The van der Waals surface area contributed by atoms with Crippen LogP contribution < -0.4 is 4.90 Å². The van der Waals surface area contributed by atoms with Gasteiger partial charge in [-0.1, -0.05) is 36.4 Å². The Kier molecular flexibility index (Phi) is 2.80. The predicted octanol–water partition coefficient (Wildman–Crippen LogP) is 3.43. The first-order valence-electron chi connectivity index (χ1n) is 6.40. The van der Waals surface area contributed by atoms with Gasteiger partial charge in [0.15, 0.2) is 0 Å². The number of hydrogen-bond donors (Lipinski definition) is 1. The van der Waals surface area contributed by atoms with Crippen molar-refractivity contribution in [3.63, 3.8) is 0 Å². The van der Waals surface area contributed by atoms with Gasteiger partial charge in [-0.25, -0.2) is 0 Å². The SMILES string of the molecule is CC(O)c1ccccc1N1CCc2ccccc21. The maximum Gasteiger partial charge on any atom is 0.0782 e. The molecule has 0 saturated heterocycles. The molecule has 2 heteroatoms. The Bertz CT molecular complexity index is 563. The molecule has 1 unspecified atom stereocenters. The number of hydrogen-bond acceptors (Lipinski definition) is 2. The number of anilines is 2. The summed E-state index contributed by atoms with van der Waals surface area (Å²) in [7, 11) is 0. The van der Waals surface area contributed by atoms with E-state index in [0.29, 0.717) is 0 Å². The molecule has 1 aliphatic heterocycles. The van der Waals surface area contributed by atoms with Crippen molar-refractivity contribution in [3.8, 4) is 0 Å². The van der Waals surface area contributed by atoms with Gasteiger partial charge >= 0.3 is 0 Å². The highest BCUT2D eigenvalue weighted by Crippen LogP contribution is 2.37. The molecule has 18 heavy (non-hydrogen) atoms. The minimum absolute atomic E-state index is 0.436. The second-order valence-corrected chi connectivity index (χ2v) is 4.77. The molecule has 3 rings (SSSR count). The number of aliphatic hydroxyl groups is 1. The molecule has 1 N–H and O–H groups in total. The highest BCUT2D eigenvalue weighted by atomic mass is 16.3. The van der Waals surface area contributed by atoms with Gasteiger partial charge in [-0.3, -0.25) is 0 Å². The Morgan fingerprint density at radius 1 is 1.00 bits per heavy atom. The summed E-state index contributed by atoms with van der Waals surface area (Å²) in [6.45, 7) is 2.81. The summed E-state index contributed by atoms with van der Waals surface area (Å²) in [5.41, 5.74) is 4.77. The summed E-state index contributed by atoms with van der Waals surface area (Å²) in [5, 5.41) is 9.89. The van der Waals surface area contributed by atoms with Crippen LogP contribution in [-0.2, 0) is 6.42 Å². The summed E-state index contributed by atoms with van der Waals surface area (Å²) < 4.78 is 0. The standard InChI is InChI=1S/C16H17NO/c1-12(18)14-7-3-5-9-16(14)17-11-10-13-6-2-4-8-15(13)17/h2-9,12,18H,10-11H2,1H3. The van der Waals surface area contributed by atoms with Crippen molar-refractivity contribution in [3.05, 3.63) is 59.7 Å². The fourth-order valence-electron chi connectivity index (χ4n) is 2.68. The second-order valence-electron chi connectivity index (χ2n) is 4.77. The van der Waals surface area contributed by atoms with E-state index in [-0.39, 0.29) is 0 Å². The van der Waals surface area contributed by atoms with Gasteiger partial charge in [-0.2, -0.15) is 0 Å². The molecule has 92 valence electrons. The maximum absolute atomic E-state index is 9.89. The third-order valence-corrected chi connectivity index (χ3v) is 3.56. The summed E-state index contributed by atoms with van der Waals surface area (Å²) >= 11 is 0. The van der Waals surface area contributed by atoms with Gasteiger partial charge in [0.2, 0.25) is 0 Å². The molecule has 1 heterocycles. The van der Waals surface area contributed by atoms with Gasteiger partial charge in [0.1, 0.15) is 0 Å². The van der Waals surface area contributed by atoms with Gasteiger partial charge < -0.3 is 10.0 Å². The fourth-order valence-corrected chi connectivity index (χ4v) is 2.68. The summed E-state index contributed by atoms with van der Waals surface area (Å²) in [6.07, 6.45) is 0.638. The Hall–Kier alpha value is -1.80. The molecule has 1 aliphatic rings. The Morgan fingerprint density at radius 3 is 2.44 bits per heavy atom. The zero-order valence-electron chi connectivity index (χ0n) is 10.5. The van der Waals surface area contributed by atoms with Crippen molar-refractivity contribution in [2.45, 2.75) is 19.4 Å². The third-order valence-electron chi connectivity index (χ3n) is 3.56. The van der Waals surface area contributed by atoms with Gasteiger partial charge in [0, 0.05) is 23.5 Å². The number of aliphatic hydroxyl groups excluding tert-OH is 1. The minimum Gasteiger partial charge on any atom is -0.389 e. The van der Waals surface area contributed by atoms with Crippen LogP contribution in [0.4, 0.5) is 11.4 Å². The molecule has 2 nitrogen and oxygen atoms in total. The normalized spacial score (nSPS) is 15.6. The van der Waals surface area contributed by atoms with Gasteiger partial charge in [0.25, 0.3) is 0 Å². The molecule has 1 atom stereocenters. The Morgan fingerprint density at radius 2 is 1.67 bits per heavy atom. The van der Waals surface area contributed by atoms with Crippen LogP contribution in [-0.4, -0.2) is 11.7 Å². The van der Waals surface area contributed by atoms with Crippen molar-refractivity contribution in [2.24, 2.45) is 0 Å². The van der Waals surface area contributed by atoms with Crippen molar-refractivity contribution >= 4 is 11.4 Å². The van der Waals surface area contributed by atoms with Crippen molar-refractivity contribution < 1.29 is 5.11 Å². The molecule has 0 bridgehead atoms. The van der Waals surface area contributed by atoms with Crippen LogP contribution in [0.25, 0.3) is 0 Å². The molecule has 0 saturated carbocycles. The molecule has 0 aromatic heterocycles. The fraction of sp³-hybridized carbons (Fsp3) is 0.250. The van der Waals surface area contributed by atoms with Crippen LogP contribution in [0.5, 0.6) is 0 Å². The van der Waals surface area contributed by atoms with Crippen LogP contribution in [0, 0.1) is 0 Å². The number of rotatable bonds is 2. The molecule has 0 aliphatic carbocycles. The van der Waals surface area contributed by atoms with Gasteiger partial charge in [0.05, 0.1) is 6.10 Å². The summed E-state index contributed by atoms with van der Waals surface area (Å²) in [5.74, 6) is 0. The van der Waals surface area contributed by atoms with Crippen molar-refractivity contribution in [2.75, 3.05) is 11.4 Å². The van der Waals surface area contributed by atoms with E-state index in [1.807, 2.05) is 25.1 Å². The Balaban J connectivity index is 2.08. The summed E-state index contributed by atoms with van der Waals surface area (Å²) in [4.78, 5) is 2.30. The van der Waals surface area contributed by atoms with Crippen molar-refractivity contribution in [1.82, 2.24) is 0 Å². The molecule has 2 aromatic rings. The van der Waals surface area contributed by atoms with Crippen LogP contribution in [0.3, 0.4) is 0 Å². The predicted molar refractivity (Wildman–Crippen MR) is 74.2 cm³/mol. The molecule has 0 amide bonds. The lowest BCUT2D eigenvalue weighted by Gasteiger charge is -2.23. The van der Waals surface area contributed by atoms with Crippen LogP contribution >= 0.6 is 0 Å². The molecule has 0 spiro atoms. The van der Waals surface area contributed by atoms with Gasteiger partial charge in [-0.15, -0.1) is 0 Å².